The van der Waals surface area contributed by atoms with Gasteiger partial charge in [-0.3, -0.25) is 4.79 Å². The first-order valence-electron chi connectivity index (χ1n) is 8.99. The predicted octanol–water partition coefficient (Wildman–Crippen LogP) is 4.01. The SMILES string of the molecule is O=C(Nc1ccccc1F)[C@@H]1CCCN1c1nc(Cc2ccc(F)cc2)ns1. The third kappa shape index (κ3) is 4.01. The van der Waals surface area contributed by atoms with E-state index in [9.17, 15) is 13.6 Å². The Balaban J connectivity index is 1.46. The molecule has 4 rings (SSSR count). The maximum absolute atomic E-state index is 13.8. The van der Waals surface area contributed by atoms with Gasteiger partial charge in [0.05, 0.1) is 5.69 Å². The molecule has 0 bridgehead atoms. The van der Waals surface area contributed by atoms with Crippen molar-refractivity contribution in [3.05, 3.63) is 71.6 Å². The van der Waals surface area contributed by atoms with Crippen molar-refractivity contribution in [2.24, 2.45) is 0 Å². The van der Waals surface area contributed by atoms with Crippen LogP contribution in [0.4, 0.5) is 19.6 Å². The first-order chi connectivity index (χ1) is 13.6. The standard InChI is InChI=1S/C20H18F2N4OS/c21-14-9-7-13(8-10-14)12-18-24-20(28-25-18)26-11-3-6-17(26)19(27)23-16-5-2-1-4-15(16)22/h1-2,4-5,7-10,17H,3,6,11-12H2,(H,23,27)/t17-/m0/s1. The van der Waals surface area contributed by atoms with Crippen LogP contribution in [0.2, 0.25) is 0 Å². The topological polar surface area (TPSA) is 58.1 Å². The van der Waals surface area contributed by atoms with Gasteiger partial charge < -0.3 is 10.2 Å². The van der Waals surface area contributed by atoms with Crippen LogP contribution >= 0.6 is 11.5 Å². The van der Waals surface area contributed by atoms with Gasteiger partial charge in [-0.25, -0.2) is 13.8 Å². The summed E-state index contributed by atoms with van der Waals surface area (Å²) in [7, 11) is 0. The zero-order chi connectivity index (χ0) is 19.5. The minimum Gasteiger partial charge on any atom is -0.335 e. The molecule has 1 atom stereocenters. The Bertz CT molecular complexity index is 976. The third-order valence-corrected chi connectivity index (χ3v) is 5.46. The zero-order valence-corrected chi connectivity index (χ0v) is 15.8. The van der Waals surface area contributed by atoms with E-state index in [2.05, 4.69) is 14.7 Å². The average Bonchev–Trinajstić information content (AvgIpc) is 3.34. The van der Waals surface area contributed by atoms with Gasteiger partial charge in [-0.05, 0) is 42.7 Å². The smallest absolute Gasteiger partial charge is 0.247 e. The van der Waals surface area contributed by atoms with E-state index in [1.165, 1.54) is 35.8 Å². The largest absolute Gasteiger partial charge is 0.335 e. The van der Waals surface area contributed by atoms with E-state index in [0.29, 0.717) is 30.3 Å². The fourth-order valence-corrected chi connectivity index (χ4v) is 4.03. The number of carbonyl (C=O) groups excluding carboxylic acids is 1. The van der Waals surface area contributed by atoms with Crippen molar-refractivity contribution in [1.29, 1.82) is 0 Å². The highest BCUT2D eigenvalue weighted by atomic mass is 32.1. The fourth-order valence-electron chi connectivity index (χ4n) is 3.26. The lowest BCUT2D eigenvalue weighted by molar-refractivity contribution is -0.117. The van der Waals surface area contributed by atoms with Gasteiger partial charge in [0.25, 0.3) is 0 Å². The summed E-state index contributed by atoms with van der Waals surface area (Å²) in [6.45, 7) is 0.695. The molecule has 0 saturated carbocycles. The van der Waals surface area contributed by atoms with Crippen molar-refractivity contribution < 1.29 is 13.6 Å². The monoisotopic (exact) mass is 400 g/mol. The van der Waals surface area contributed by atoms with Crippen molar-refractivity contribution in [3.8, 4) is 0 Å². The third-order valence-electron chi connectivity index (χ3n) is 4.67. The summed E-state index contributed by atoms with van der Waals surface area (Å²) in [6.07, 6.45) is 2.02. The molecule has 1 fully saturated rings. The number of nitrogens with zero attached hydrogens (tertiary/aromatic N) is 3. The van der Waals surface area contributed by atoms with Crippen LogP contribution in [0.15, 0.2) is 48.5 Å². The lowest BCUT2D eigenvalue weighted by Crippen LogP contribution is -2.39. The first kappa shape index (κ1) is 18.5. The Morgan fingerprint density at radius 3 is 2.75 bits per heavy atom. The Hall–Kier alpha value is -2.87. The van der Waals surface area contributed by atoms with E-state index in [0.717, 1.165) is 12.0 Å². The highest BCUT2D eigenvalue weighted by Crippen LogP contribution is 2.28. The van der Waals surface area contributed by atoms with Crippen LogP contribution in [0.5, 0.6) is 0 Å². The maximum Gasteiger partial charge on any atom is 0.247 e. The number of hydrogen-bond donors (Lipinski definition) is 1. The van der Waals surface area contributed by atoms with Crippen molar-refractivity contribution >= 4 is 28.3 Å². The van der Waals surface area contributed by atoms with Crippen molar-refractivity contribution in [2.75, 3.05) is 16.8 Å². The summed E-state index contributed by atoms with van der Waals surface area (Å²) in [6, 6.07) is 11.9. The Morgan fingerprint density at radius 2 is 1.96 bits per heavy atom. The number of amides is 1. The summed E-state index contributed by atoms with van der Waals surface area (Å²) < 4.78 is 31.2. The molecule has 1 aromatic heterocycles. The molecule has 2 heterocycles. The van der Waals surface area contributed by atoms with Crippen molar-refractivity contribution in [3.63, 3.8) is 0 Å². The minimum absolute atomic E-state index is 0.175. The molecule has 1 aliphatic heterocycles. The minimum atomic E-state index is -0.460. The number of carbonyl (C=O) groups is 1. The summed E-state index contributed by atoms with van der Waals surface area (Å²) in [4.78, 5) is 19.2. The number of para-hydroxylation sites is 1. The zero-order valence-electron chi connectivity index (χ0n) is 14.9. The Kier molecular flexibility index (Phi) is 5.29. The molecule has 5 nitrogen and oxygen atoms in total. The van der Waals surface area contributed by atoms with Crippen molar-refractivity contribution in [1.82, 2.24) is 9.36 Å². The second-order valence-electron chi connectivity index (χ2n) is 6.62. The highest BCUT2D eigenvalue weighted by Gasteiger charge is 2.33. The molecule has 1 saturated heterocycles. The first-order valence-corrected chi connectivity index (χ1v) is 9.76. The van der Waals surface area contributed by atoms with Gasteiger partial charge in [-0.2, -0.15) is 4.37 Å². The molecular formula is C20H18F2N4OS. The van der Waals surface area contributed by atoms with Gasteiger partial charge in [0.1, 0.15) is 23.5 Å². The van der Waals surface area contributed by atoms with Crippen LogP contribution < -0.4 is 10.2 Å². The molecule has 0 aliphatic carbocycles. The van der Waals surface area contributed by atoms with Crippen LogP contribution in [0.25, 0.3) is 0 Å². The molecule has 0 unspecified atom stereocenters. The fraction of sp³-hybridized carbons (Fsp3) is 0.250. The van der Waals surface area contributed by atoms with Gasteiger partial charge in [-0.1, -0.05) is 24.3 Å². The quantitative estimate of drug-likeness (QED) is 0.703. The Labute approximate surface area is 165 Å². The number of nitrogens with one attached hydrogen (secondary N) is 1. The average molecular weight is 400 g/mol. The van der Waals surface area contributed by atoms with E-state index >= 15 is 0 Å². The molecule has 1 amide bonds. The molecule has 144 valence electrons. The van der Waals surface area contributed by atoms with Crippen molar-refractivity contribution in [2.45, 2.75) is 25.3 Å². The summed E-state index contributed by atoms with van der Waals surface area (Å²) >= 11 is 1.24. The molecule has 28 heavy (non-hydrogen) atoms. The van der Waals surface area contributed by atoms with Crippen LogP contribution in [0.1, 0.15) is 24.2 Å². The molecule has 0 radical (unpaired) electrons. The molecule has 2 aromatic carbocycles. The summed E-state index contributed by atoms with van der Waals surface area (Å²) in [5.74, 6) is -0.362. The number of anilines is 2. The van der Waals surface area contributed by atoms with Gasteiger partial charge in [0.15, 0.2) is 0 Å². The van der Waals surface area contributed by atoms with Gasteiger partial charge >= 0.3 is 0 Å². The molecule has 1 N–H and O–H groups in total. The van der Waals surface area contributed by atoms with E-state index < -0.39 is 11.9 Å². The predicted molar refractivity (Wildman–Crippen MR) is 105 cm³/mol. The number of aromatic nitrogens is 2. The maximum atomic E-state index is 13.8. The number of halogens is 2. The molecule has 3 aromatic rings. The van der Waals surface area contributed by atoms with Crippen LogP contribution in [0, 0.1) is 11.6 Å². The second kappa shape index (κ2) is 8.02. The molecular weight excluding hydrogens is 382 g/mol. The molecule has 8 heteroatoms. The summed E-state index contributed by atoms with van der Waals surface area (Å²) in [5, 5.41) is 3.34. The van der Waals surface area contributed by atoms with Gasteiger partial charge in [-0.15, -0.1) is 0 Å². The summed E-state index contributed by atoms with van der Waals surface area (Å²) in [5.41, 5.74) is 1.09. The molecule has 0 spiro atoms. The van der Waals surface area contributed by atoms with Crippen LogP contribution in [-0.4, -0.2) is 27.9 Å². The van der Waals surface area contributed by atoms with Gasteiger partial charge in [0, 0.05) is 24.5 Å². The number of rotatable bonds is 5. The lowest BCUT2D eigenvalue weighted by atomic mass is 10.1. The Morgan fingerprint density at radius 1 is 1.18 bits per heavy atom. The van der Waals surface area contributed by atoms with Crippen LogP contribution in [0.3, 0.4) is 0 Å². The highest BCUT2D eigenvalue weighted by molar-refractivity contribution is 7.09. The van der Waals surface area contributed by atoms with E-state index in [-0.39, 0.29) is 17.4 Å². The van der Waals surface area contributed by atoms with Gasteiger partial charge in [0.2, 0.25) is 11.0 Å². The number of benzene rings is 2. The number of hydrogen-bond acceptors (Lipinski definition) is 5. The van der Waals surface area contributed by atoms with E-state index in [4.69, 9.17) is 0 Å². The molecule has 1 aliphatic rings. The normalized spacial score (nSPS) is 16.4. The van der Waals surface area contributed by atoms with E-state index in [1.54, 1.807) is 24.3 Å². The van der Waals surface area contributed by atoms with Crippen LogP contribution in [-0.2, 0) is 11.2 Å². The second-order valence-corrected chi connectivity index (χ2v) is 7.35. The lowest BCUT2D eigenvalue weighted by Gasteiger charge is -2.22. The van der Waals surface area contributed by atoms with E-state index in [1.807, 2.05) is 4.90 Å².